The van der Waals surface area contributed by atoms with Crippen molar-refractivity contribution in [1.29, 1.82) is 0 Å². The van der Waals surface area contributed by atoms with Gasteiger partial charge in [-0.3, -0.25) is 0 Å². The van der Waals surface area contributed by atoms with E-state index in [9.17, 15) is 0 Å². The summed E-state index contributed by atoms with van der Waals surface area (Å²) in [6.45, 7) is 2.30. The van der Waals surface area contributed by atoms with Crippen molar-refractivity contribution in [3.05, 3.63) is 41.0 Å². The summed E-state index contributed by atoms with van der Waals surface area (Å²) in [4.78, 5) is 11.6. The Bertz CT molecular complexity index is 654. The predicted molar refractivity (Wildman–Crippen MR) is 92.6 cm³/mol. The first kappa shape index (κ1) is 16.2. The van der Waals surface area contributed by atoms with Crippen LogP contribution in [0.2, 0.25) is 5.02 Å². The maximum absolute atomic E-state index is 6.00. The number of rotatable bonds is 4. The minimum atomic E-state index is 0.294. The molecule has 2 aromatic rings. The summed E-state index contributed by atoms with van der Waals surface area (Å²) < 4.78 is 5.25. The monoisotopic (exact) mass is 332 g/mol. The molecule has 1 aromatic heterocycles. The van der Waals surface area contributed by atoms with Gasteiger partial charge < -0.3 is 15.4 Å². The Labute approximate surface area is 141 Å². The van der Waals surface area contributed by atoms with Crippen molar-refractivity contribution in [3.63, 3.8) is 0 Å². The molecule has 0 bridgehead atoms. The first-order valence-corrected chi connectivity index (χ1v) is 8.17. The zero-order valence-electron chi connectivity index (χ0n) is 13.2. The smallest absolute Gasteiger partial charge is 0.161 e. The number of nitrogens with two attached hydrogens (primary N) is 1. The normalized spacial score (nSPS) is 15.9. The number of benzene rings is 1. The van der Waals surface area contributed by atoms with E-state index in [0.29, 0.717) is 23.5 Å². The first-order valence-electron chi connectivity index (χ1n) is 7.79. The molecule has 0 radical (unpaired) electrons. The molecule has 1 fully saturated rings. The van der Waals surface area contributed by atoms with Crippen LogP contribution in [-0.2, 0) is 11.3 Å². The molecule has 0 amide bonds. The van der Waals surface area contributed by atoms with E-state index >= 15 is 0 Å². The number of ether oxygens (including phenoxy) is 1. The largest absolute Gasteiger partial charge is 0.378 e. The standard InChI is InChI=1S/C17H21ClN4O/c1-23-11-15-10-16(22-8-6-14(19)7-9-22)21-17(20-15)12-2-4-13(18)5-3-12/h2-5,10,14H,6-9,11,19H2,1H3. The molecule has 1 aromatic carbocycles. The van der Waals surface area contributed by atoms with E-state index in [4.69, 9.17) is 27.1 Å². The van der Waals surface area contributed by atoms with Crippen molar-refractivity contribution >= 4 is 17.4 Å². The lowest BCUT2D eigenvalue weighted by Crippen LogP contribution is -2.40. The van der Waals surface area contributed by atoms with Crippen molar-refractivity contribution in [3.8, 4) is 11.4 Å². The van der Waals surface area contributed by atoms with Gasteiger partial charge in [-0.25, -0.2) is 9.97 Å². The summed E-state index contributed by atoms with van der Waals surface area (Å²) in [5, 5.41) is 0.701. The molecule has 0 saturated carbocycles. The molecular formula is C17H21ClN4O. The molecule has 23 heavy (non-hydrogen) atoms. The maximum Gasteiger partial charge on any atom is 0.161 e. The molecule has 1 aliphatic heterocycles. The second-order valence-electron chi connectivity index (χ2n) is 5.81. The average molecular weight is 333 g/mol. The van der Waals surface area contributed by atoms with Gasteiger partial charge in [0.2, 0.25) is 0 Å². The maximum atomic E-state index is 6.00. The molecule has 1 saturated heterocycles. The summed E-state index contributed by atoms with van der Waals surface area (Å²) in [6, 6.07) is 9.86. The molecule has 3 rings (SSSR count). The molecule has 5 nitrogen and oxygen atoms in total. The number of halogens is 1. The summed E-state index contributed by atoms with van der Waals surface area (Å²) in [7, 11) is 1.67. The van der Waals surface area contributed by atoms with E-state index in [-0.39, 0.29) is 0 Å². The Hall–Kier alpha value is -1.69. The number of anilines is 1. The Morgan fingerprint density at radius 2 is 1.91 bits per heavy atom. The van der Waals surface area contributed by atoms with E-state index in [2.05, 4.69) is 9.88 Å². The van der Waals surface area contributed by atoms with Gasteiger partial charge in [-0.15, -0.1) is 0 Å². The van der Waals surface area contributed by atoms with Crippen LogP contribution in [0.5, 0.6) is 0 Å². The minimum absolute atomic E-state index is 0.294. The quantitative estimate of drug-likeness (QED) is 0.932. The Morgan fingerprint density at radius 3 is 2.57 bits per heavy atom. The van der Waals surface area contributed by atoms with Crippen LogP contribution in [0.4, 0.5) is 5.82 Å². The van der Waals surface area contributed by atoms with Crippen LogP contribution >= 0.6 is 11.6 Å². The lowest BCUT2D eigenvalue weighted by molar-refractivity contribution is 0.181. The fourth-order valence-electron chi connectivity index (χ4n) is 2.72. The van der Waals surface area contributed by atoms with Crippen molar-refractivity contribution in [2.45, 2.75) is 25.5 Å². The molecule has 2 N–H and O–H groups in total. The second-order valence-corrected chi connectivity index (χ2v) is 6.24. The van der Waals surface area contributed by atoms with E-state index < -0.39 is 0 Å². The number of hydrogen-bond donors (Lipinski definition) is 1. The fraction of sp³-hybridized carbons (Fsp3) is 0.412. The lowest BCUT2D eigenvalue weighted by Gasteiger charge is -2.31. The molecule has 6 heteroatoms. The topological polar surface area (TPSA) is 64.3 Å². The van der Waals surface area contributed by atoms with Gasteiger partial charge in [0.1, 0.15) is 5.82 Å². The fourth-order valence-corrected chi connectivity index (χ4v) is 2.85. The van der Waals surface area contributed by atoms with Gasteiger partial charge in [-0.1, -0.05) is 11.6 Å². The van der Waals surface area contributed by atoms with Crippen molar-refractivity contribution in [1.82, 2.24) is 9.97 Å². The SMILES string of the molecule is COCc1cc(N2CCC(N)CC2)nc(-c2ccc(Cl)cc2)n1. The zero-order chi connectivity index (χ0) is 16.2. The number of nitrogens with zero attached hydrogens (tertiary/aromatic N) is 3. The number of methoxy groups -OCH3 is 1. The van der Waals surface area contributed by atoms with Crippen LogP contribution in [0.25, 0.3) is 11.4 Å². The zero-order valence-corrected chi connectivity index (χ0v) is 14.0. The number of aromatic nitrogens is 2. The first-order chi connectivity index (χ1) is 11.2. The van der Waals surface area contributed by atoms with Gasteiger partial charge in [-0.05, 0) is 37.1 Å². The molecule has 0 atom stereocenters. The molecule has 122 valence electrons. The third-order valence-corrected chi connectivity index (χ3v) is 4.28. The van der Waals surface area contributed by atoms with Crippen molar-refractivity contribution in [2.24, 2.45) is 5.73 Å². The third-order valence-electron chi connectivity index (χ3n) is 4.02. The number of hydrogen-bond acceptors (Lipinski definition) is 5. The van der Waals surface area contributed by atoms with Gasteiger partial charge in [0.25, 0.3) is 0 Å². The molecule has 0 unspecified atom stereocenters. The Balaban J connectivity index is 1.94. The van der Waals surface area contributed by atoms with E-state index in [1.807, 2.05) is 30.3 Å². The number of piperidine rings is 1. The highest BCUT2D eigenvalue weighted by atomic mass is 35.5. The van der Waals surface area contributed by atoms with Crippen LogP contribution in [0.3, 0.4) is 0 Å². The molecular weight excluding hydrogens is 312 g/mol. The van der Waals surface area contributed by atoms with E-state index in [1.165, 1.54) is 0 Å². The highest BCUT2D eigenvalue weighted by molar-refractivity contribution is 6.30. The highest BCUT2D eigenvalue weighted by Gasteiger charge is 2.19. The van der Waals surface area contributed by atoms with Gasteiger partial charge in [0, 0.05) is 42.9 Å². The lowest BCUT2D eigenvalue weighted by atomic mass is 10.1. The van der Waals surface area contributed by atoms with Crippen LogP contribution in [0.1, 0.15) is 18.5 Å². The summed E-state index contributed by atoms with van der Waals surface area (Å²) in [5.41, 5.74) is 7.81. The van der Waals surface area contributed by atoms with E-state index in [0.717, 1.165) is 43.0 Å². The van der Waals surface area contributed by atoms with Gasteiger partial charge in [-0.2, -0.15) is 0 Å². The molecule has 1 aliphatic rings. The summed E-state index contributed by atoms with van der Waals surface area (Å²) in [5.74, 6) is 1.63. The minimum Gasteiger partial charge on any atom is -0.378 e. The van der Waals surface area contributed by atoms with Crippen LogP contribution in [-0.4, -0.2) is 36.2 Å². The van der Waals surface area contributed by atoms with E-state index in [1.54, 1.807) is 7.11 Å². The Kier molecular flexibility index (Phi) is 5.10. The highest BCUT2D eigenvalue weighted by Crippen LogP contribution is 2.24. The predicted octanol–water partition coefficient (Wildman–Crippen LogP) is 2.87. The van der Waals surface area contributed by atoms with Gasteiger partial charge >= 0.3 is 0 Å². The summed E-state index contributed by atoms with van der Waals surface area (Å²) in [6.07, 6.45) is 1.97. The third kappa shape index (κ3) is 3.99. The summed E-state index contributed by atoms with van der Waals surface area (Å²) >= 11 is 5.97. The van der Waals surface area contributed by atoms with Crippen molar-refractivity contribution in [2.75, 3.05) is 25.1 Å². The van der Waals surface area contributed by atoms with Crippen molar-refractivity contribution < 1.29 is 4.74 Å². The molecule has 0 aliphatic carbocycles. The van der Waals surface area contributed by atoms with Crippen LogP contribution in [0.15, 0.2) is 30.3 Å². The van der Waals surface area contributed by atoms with Crippen LogP contribution < -0.4 is 10.6 Å². The average Bonchev–Trinajstić information content (AvgIpc) is 2.56. The molecule has 2 heterocycles. The molecule has 0 spiro atoms. The second kappa shape index (κ2) is 7.25. The van der Waals surface area contributed by atoms with Crippen LogP contribution in [0, 0.1) is 0 Å². The van der Waals surface area contributed by atoms with Gasteiger partial charge in [0.15, 0.2) is 5.82 Å². The van der Waals surface area contributed by atoms with Gasteiger partial charge in [0.05, 0.1) is 12.3 Å². The Morgan fingerprint density at radius 1 is 1.22 bits per heavy atom.